The highest BCUT2D eigenvalue weighted by Gasteiger charge is 2.20. The molecule has 1 aliphatic carbocycles. The maximum atomic E-state index is 12.4. The fraction of sp³-hybridized carbons (Fsp3) is 0.353. The number of halogens is 1. The van der Waals surface area contributed by atoms with E-state index in [4.69, 9.17) is 5.73 Å². The molecule has 1 aromatic heterocycles. The van der Waals surface area contributed by atoms with Crippen LogP contribution in [0.4, 0.5) is 0 Å². The van der Waals surface area contributed by atoms with E-state index in [9.17, 15) is 4.79 Å². The molecule has 0 aliphatic heterocycles. The van der Waals surface area contributed by atoms with Gasteiger partial charge in [0.2, 0.25) is 0 Å². The molecule has 1 heterocycles. The number of carbonyl (C=O) groups is 1. The van der Waals surface area contributed by atoms with E-state index in [1.807, 2.05) is 35.7 Å². The molecule has 0 radical (unpaired) electrons. The van der Waals surface area contributed by atoms with Crippen LogP contribution in [0.3, 0.4) is 0 Å². The Morgan fingerprint density at radius 3 is 2.73 bits per heavy atom. The van der Waals surface area contributed by atoms with E-state index < -0.39 is 0 Å². The molecule has 0 saturated carbocycles. The minimum absolute atomic E-state index is 0. The molecular weight excluding hydrogens is 316 g/mol. The number of nitrogens with two attached hydrogens (primary N) is 1. The highest BCUT2D eigenvalue weighted by Crippen LogP contribution is 2.30. The molecule has 3 rings (SSSR count). The number of hydrogen-bond acceptors (Lipinski definition) is 3. The average molecular weight is 337 g/mol. The van der Waals surface area contributed by atoms with Crippen molar-refractivity contribution in [2.45, 2.75) is 31.7 Å². The van der Waals surface area contributed by atoms with Crippen LogP contribution in [0.5, 0.6) is 0 Å². The lowest BCUT2D eigenvalue weighted by Crippen LogP contribution is -2.32. The summed E-state index contributed by atoms with van der Waals surface area (Å²) in [6.07, 6.45) is 4.59. The Labute approximate surface area is 141 Å². The molecule has 5 heteroatoms. The Bertz CT molecular complexity index is 627. The second-order valence-electron chi connectivity index (χ2n) is 5.49. The lowest BCUT2D eigenvalue weighted by molar-refractivity contribution is 0.0950. The number of amides is 1. The zero-order valence-corrected chi connectivity index (χ0v) is 14.0. The number of carbonyl (C=O) groups excluding carboxylic acids is 1. The van der Waals surface area contributed by atoms with Crippen molar-refractivity contribution in [2.24, 2.45) is 5.73 Å². The molecule has 22 heavy (non-hydrogen) atoms. The minimum atomic E-state index is -0.162. The maximum Gasteiger partial charge on any atom is 0.252 e. The first kappa shape index (κ1) is 17.0. The van der Waals surface area contributed by atoms with E-state index in [-0.39, 0.29) is 24.4 Å². The standard InChI is InChI=1S/C17H20N2OS.ClH/c18-15(12-6-2-1-3-7-12)10-19-17(20)14-11-21-16-9-5-4-8-13(14)16;/h1-3,6-7,11,15H,4-5,8-10,18H2,(H,19,20);1H. The summed E-state index contributed by atoms with van der Waals surface area (Å²) in [4.78, 5) is 13.7. The quantitative estimate of drug-likeness (QED) is 0.898. The summed E-state index contributed by atoms with van der Waals surface area (Å²) >= 11 is 1.72. The third-order valence-corrected chi connectivity index (χ3v) is 5.10. The van der Waals surface area contributed by atoms with Crippen LogP contribution >= 0.6 is 23.7 Å². The number of nitrogens with one attached hydrogen (secondary N) is 1. The molecule has 0 saturated heterocycles. The highest BCUT2D eigenvalue weighted by atomic mass is 35.5. The van der Waals surface area contributed by atoms with Crippen molar-refractivity contribution < 1.29 is 4.79 Å². The van der Waals surface area contributed by atoms with E-state index in [0.29, 0.717) is 6.54 Å². The fourth-order valence-electron chi connectivity index (χ4n) is 2.80. The predicted octanol–water partition coefficient (Wildman–Crippen LogP) is 3.48. The topological polar surface area (TPSA) is 55.1 Å². The van der Waals surface area contributed by atoms with Crippen LogP contribution < -0.4 is 11.1 Å². The number of fused-ring (bicyclic) bond motifs is 1. The molecule has 2 aromatic rings. The van der Waals surface area contributed by atoms with Crippen LogP contribution in [0.15, 0.2) is 35.7 Å². The van der Waals surface area contributed by atoms with Crippen molar-refractivity contribution in [1.82, 2.24) is 5.32 Å². The van der Waals surface area contributed by atoms with Gasteiger partial charge in [-0.05, 0) is 36.8 Å². The second-order valence-corrected chi connectivity index (χ2v) is 6.45. The Kier molecular flexibility index (Phi) is 6.00. The molecule has 1 atom stereocenters. The second kappa shape index (κ2) is 7.77. The van der Waals surface area contributed by atoms with Gasteiger partial charge in [-0.2, -0.15) is 0 Å². The summed E-state index contributed by atoms with van der Waals surface area (Å²) < 4.78 is 0. The third-order valence-electron chi connectivity index (χ3n) is 4.02. The van der Waals surface area contributed by atoms with Crippen LogP contribution in [0.25, 0.3) is 0 Å². The van der Waals surface area contributed by atoms with E-state index in [0.717, 1.165) is 24.0 Å². The Balaban J connectivity index is 0.00000176. The minimum Gasteiger partial charge on any atom is -0.350 e. The van der Waals surface area contributed by atoms with Crippen molar-refractivity contribution in [3.05, 3.63) is 57.3 Å². The van der Waals surface area contributed by atoms with E-state index in [2.05, 4.69) is 5.32 Å². The number of benzene rings is 1. The summed E-state index contributed by atoms with van der Waals surface area (Å²) in [5.41, 5.74) is 9.29. The van der Waals surface area contributed by atoms with Crippen LogP contribution in [0.2, 0.25) is 0 Å². The first-order chi connectivity index (χ1) is 10.3. The summed E-state index contributed by atoms with van der Waals surface area (Å²) in [6, 6.07) is 9.71. The molecule has 0 fully saturated rings. The van der Waals surface area contributed by atoms with Gasteiger partial charge in [-0.1, -0.05) is 30.3 Å². The van der Waals surface area contributed by atoms with Gasteiger partial charge in [0.1, 0.15) is 0 Å². The molecule has 1 amide bonds. The van der Waals surface area contributed by atoms with Gasteiger partial charge in [0.25, 0.3) is 5.91 Å². The molecule has 1 aliphatic rings. The summed E-state index contributed by atoms with van der Waals surface area (Å²) in [6.45, 7) is 0.466. The molecular formula is C17H21ClN2OS. The monoisotopic (exact) mass is 336 g/mol. The zero-order valence-electron chi connectivity index (χ0n) is 12.4. The fourth-order valence-corrected chi connectivity index (χ4v) is 3.93. The van der Waals surface area contributed by atoms with Gasteiger partial charge < -0.3 is 11.1 Å². The lowest BCUT2D eigenvalue weighted by Gasteiger charge is -2.15. The van der Waals surface area contributed by atoms with Crippen LogP contribution in [-0.2, 0) is 12.8 Å². The largest absolute Gasteiger partial charge is 0.350 e. The van der Waals surface area contributed by atoms with Crippen molar-refractivity contribution in [2.75, 3.05) is 6.54 Å². The van der Waals surface area contributed by atoms with Crippen LogP contribution in [0.1, 0.15) is 45.2 Å². The summed E-state index contributed by atoms with van der Waals surface area (Å²) in [5, 5.41) is 4.98. The highest BCUT2D eigenvalue weighted by molar-refractivity contribution is 7.10. The SMILES string of the molecule is Cl.NC(CNC(=O)c1csc2c1CCCC2)c1ccccc1. The number of rotatable bonds is 4. The first-order valence-electron chi connectivity index (χ1n) is 7.43. The normalized spacial score (nSPS) is 14.6. The molecule has 0 spiro atoms. The summed E-state index contributed by atoms with van der Waals surface area (Å²) in [7, 11) is 0. The van der Waals surface area contributed by atoms with Crippen molar-refractivity contribution >= 4 is 29.7 Å². The molecule has 3 N–H and O–H groups in total. The van der Waals surface area contributed by atoms with E-state index in [1.165, 1.54) is 23.3 Å². The van der Waals surface area contributed by atoms with Crippen LogP contribution in [0, 0.1) is 0 Å². The lowest BCUT2D eigenvalue weighted by atomic mass is 9.95. The zero-order chi connectivity index (χ0) is 14.7. The van der Waals surface area contributed by atoms with Gasteiger partial charge in [0.15, 0.2) is 0 Å². The number of hydrogen-bond donors (Lipinski definition) is 2. The Morgan fingerprint density at radius 1 is 1.23 bits per heavy atom. The van der Waals surface area contributed by atoms with Gasteiger partial charge >= 0.3 is 0 Å². The predicted molar refractivity (Wildman–Crippen MR) is 93.9 cm³/mol. The Morgan fingerprint density at radius 2 is 1.95 bits per heavy atom. The smallest absolute Gasteiger partial charge is 0.252 e. The average Bonchev–Trinajstić information content (AvgIpc) is 2.97. The molecule has 3 nitrogen and oxygen atoms in total. The van der Waals surface area contributed by atoms with Gasteiger partial charge in [0.05, 0.1) is 5.56 Å². The van der Waals surface area contributed by atoms with Gasteiger partial charge in [-0.15, -0.1) is 23.7 Å². The molecule has 118 valence electrons. The maximum absolute atomic E-state index is 12.4. The van der Waals surface area contributed by atoms with Crippen molar-refractivity contribution in [3.8, 4) is 0 Å². The van der Waals surface area contributed by atoms with E-state index in [1.54, 1.807) is 11.3 Å². The first-order valence-corrected chi connectivity index (χ1v) is 8.31. The summed E-state index contributed by atoms with van der Waals surface area (Å²) in [5.74, 6) is 0.0146. The molecule has 1 unspecified atom stereocenters. The van der Waals surface area contributed by atoms with Gasteiger partial charge in [-0.3, -0.25) is 4.79 Å². The molecule has 0 bridgehead atoms. The van der Waals surface area contributed by atoms with Gasteiger partial charge in [-0.25, -0.2) is 0 Å². The Hall–Kier alpha value is -1.36. The third kappa shape index (κ3) is 3.69. The molecule has 1 aromatic carbocycles. The van der Waals surface area contributed by atoms with Crippen LogP contribution in [-0.4, -0.2) is 12.5 Å². The van der Waals surface area contributed by atoms with Crippen molar-refractivity contribution in [3.63, 3.8) is 0 Å². The van der Waals surface area contributed by atoms with Gasteiger partial charge in [0, 0.05) is 22.8 Å². The number of aryl methyl sites for hydroxylation is 1. The number of thiophene rings is 1. The van der Waals surface area contributed by atoms with E-state index >= 15 is 0 Å². The van der Waals surface area contributed by atoms with Crippen molar-refractivity contribution in [1.29, 1.82) is 0 Å².